The molecule has 0 radical (unpaired) electrons. The summed E-state index contributed by atoms with van der Waals surface area (Å²) in [5, 5.41) is 0.621. The quantitative estimate of drug-likeness (QED) is 0.474. The summed E-state index contributed by atoms with van der Waals surface area (Å²) >= 11 is 0. The van der Waals surface area contributed by atoms with Gasteiger partial charge in [0.1, 0.15) is 23.0 Å². The first-order chi connectivity index (χ1) is 16.1. The Labute approximate surface area is 196 Å². The van der Waals surface area contributed by atoms with Crippen molar-refractivity contribution in [2.24, 2.45) is 0 Å². The van der Waals surface area contributed by atoms with Gasteiger partial charge in [0.05, 0.1) is 29.8 Å². The van der Waals surface area contributed by atoms with Crippen LogP contribution in [0, 0.1) is 0 Å². The van der Waals surface area contributed by atoms with Crippen LogP contribution in [-0.2, 0) is 19.5 Å². The number of rotatable bonds is 3. The van der Waals surface area contributed by atoms with Crippen molar-refractivity contribution in [1.82, 2.24) is 23.8 Å². The number of hydrogen-bond acceptors (Lipinski definition) is 7. The van der Waals surface area contributed by atoms with E-state index in [1.807, 2.05) is 20.8 Å². The van der Waals surface area contributed by atoms with E-state index in [4.69, 9.17) is 9.47 Å². The Hall–Kier alpha value is -3.44. The van der Waals surface area contributed by atoms with E-state index < -0.39 is 27.8 Å². The van der Waals surface area contributed by atoms with Gasteiger partial charge in [-0.15, -0.1) is 0 Å². The number of morpholine rings is 1. The van der Waals surface area contributed by atoms with E-state index in [0.717, 1.165) is 0 Å². The molecule has 1 N–H and O–H groups in total. The summed E-state index contributed by atoms with van der Waals surface area (Å²) < 4.78 is 38.8. The molecule has 1 atom stereocenters. The first-order valence-electron chi connectivity index (χ1n) is 10.9. The molecule has 3 aromatic heterocycles. The SMILES string of the molecule is CC(C)(C)OC(=O)N1CCOC(c2nc3cnc4c(ccn4S(=O)(=O)c4ccccc4)c3[nH]2)C1. The molecule has 34 heavy (non-hydrogen) atoms. The van der Waals surface area contributed by atoms with Crippen molar-refractivity contribution < 1.29 is 22.7 Å². The Bertz CT molecular complexity index is 1470. The number of H-pyrrole nitrogens is 1. The molecule has 10 nitrogen and oxygen atoms in total. The minimum Gasteiger partial charge on any atom is -0.444 e. The topological polar surface area (TPSA) is 119 Å². The molecule has 4 heterocycles. The third-order valence-corrected chi connectivity index (χ3v) is 7.16. The van der Waals surface area contributed by atoms with E-state index >= 15 is 0 Å². The molecule has 1 fully saturated rings. The molecule has 0 spiro atoms. The summed E-state index contributed by atoms with van der Waals surface area (Å²) in [4.78, 5) is 26.5. The molecule has 1 saturated heterocycles. The van der Waals surface area contributed by atoms with E-state index in [9.17, 15) is 13.2 Å². The van der Waals surface area contributed by atoms with Crippen LogP contribution in [-0.4, -0.2) is 63.6 Å². The van der Waals surface area contributed by atoms with Gasteiger partial charge >= 0.3 is 6.09 Å². The van der Waals surface area contributed by atoms with Gasteiger partial charge in [0, 0.05) is 18.1 Å². The smallest absolute Gasteiger partial charge is 0.410 e. The van der Waals surface area contributed by atoms with E-state index in [0.29, 0.717) is 41.0 Å². The summed E-state index contributed by atoms with van der Waals surface area (Å²) in [6.07, 6.45) is 2.15. The monoisotopic (exact) mass is 483 g/mol. The van der Waals surface area contributed by atoms with Gasteiger partial charge < -0.3 is 19.4 Å². The molecule has 4 aromatic rings. The van der Waals surface area contributed by atoms with Gasteiger partial charge in [-0.3, -0.25) is 0 Å². The second-order valence-electron chi connectivity index (χ2n) is 9.09. The predicted molar refractivity (Wildman–Crippen MR) is 125 cm³/mol. The Morgan fingerprint density at radius 2 is 1.97 bits per heavy atom. The van der Waals surface area contributed by atoms with E-state index in [-0.39, 0.29) is 11.4 Å². The van der Waals surface area contributed by atoms with Gasteiger partial charge in [-0.25, -0.2) is 27.2 Å². The maximum Gasteiger partial charge on any atom is 0.410 e. The lowest BCUT2D eigenvalue weighted by Gasteiger charge is -2.33. The highest BCUT2D eigenvalue weighted by Gasteiger charge is 2.31. The molecule has 178 valence electrons. The van der Waals surface area contributed by atoms with E-state index in [1.165, 1.54) is 16.4 Å². The molecule has 0 aliphatic carbocycles. The van der Waals surface area contributed by atoms with Crippen molar-refractivity contribution in [1.29, 1.82) is 0 Å². The van der Waals surface area contributed by atoms with E-state index in [2.05, 4.69) is 15.0 Å². The molecule has 1 unspecified atom stereocenters. The third kappa shape index (κ3) is 4.01. The first-order valence-corrected chi connectivity index (χ1v) is 12.3. The van der Waals surface area contributed by atoms with Gasteiger partial charge in [-0.05, 0) is 39.0 Å². The molecule has 1 aromatic carbocycles. The van der Waals surface area contributed by atoms with Crippen molar-refractivity contribution in [2.75, 3.05) is 19.7 Å². The summed E-state index contributed by atoms with van der Waals surface area (Å²) in [6.45, 7) is 6.53. The van der Waals surface area contributed by atoms with E-state index in [1.54, 1.807) is 41.3 Å². The fourth-order valence-electron chi connectivity index (χ4n) is 3.91. The summed E-state index contributed by atoms with van der Waals surface area (Å²) in [5.74, 6) is 0.538. The van der Waals surface area contributed by atoms with Crippen LogP contribution in [0.4, 0.5) is 4.79 Å². The van der Waals surface area contributed by atoms with Gasteiger partial charge in [-0.1, -0.05) is 18.2 Å². The number of pyridine rings is 1. The van der Waals surface area contributed by atoms with Crippen LogP contribution in [0.15, 0.2) is 53.7 Å². The van der Waals surface area contributed by atoms with Crippen LogP contribution in [0.3, 0.4) is 0 Å². The highest BCUT2D eigenvalue weighted by molar-refractivity contribution is 7.90. The highest BCUT2D eigenvalue weighted by atomic mass is 32.2. The fourth-order valence-corrected chi connectivity index (χ4v) is 5.24. The second kappa shape index (κ2) is 8.10. The Morgan fingerprint density at radius 1 is 1.21 bits per heavy atom. The normalized spacial score (nSPS) is 17.4. The molecule has 1 aliphatic rings. The van der Waals surface area contributed by atoms with Gasteiger partial charge in [0.2, 0.25) is 0 Å². The molecule has 11 heteroatoms. The van der Waals surface area contributed by atoms with Crippen molar-refractivity contribution in [3.63, 3.8) is 0 Å². The maximum atomic E-state index is 13.1. The zero-order valence-corrected chi connectivity index (χ0v) is 19.9. The van der Waals surface area contributed by atoms with Crippen LogP contribution >= 0.6 is 0 Å². The number of carbonyl (C=O) groups excluding carboxylic acids is 1. The minimum atomic E-state index is -3.80. The predicted octanol–water partition coefficient (Wildman–Crippen LogP) is 3.46. The third-order valence-electron chi connectivity index (χ3n) is 5.48. The van der Waals surface area contributed by atoms with Crippen LogP contribution in [0.1, 0.15) is 32.7 Å². The first kappa shape index (κ1) is 22.4. The van der Waals surface area contributed by atoms with Crippen LogP contribution in [0.2, 0.25) is 0 Å². The Balaban J connectivity index is 1.47. The Kier molecular flexibility index (Phi) is 5.33. The van der Waals surface area contributed by atoms with Gasteiger partial charge in [0.25, 0.3) is 10.0 Å². The number of nitrogens with one attached hydrogen (secondary N) is 1. The molecule has 1 aliphatic heterocycles. The fraction of sp³-hybridized carbons (Fsp3) is 0.348. The molecular weight excluding hydrogens is 458 g/mol. The van der Waals surface area contributed by atoms with Crippen LogP contribution in [0.5, 0.6) is 0 Å². The second-order valence-corrected chi connectivity index (χ2v) is 10.9. The number of amides is 1. The number of imidazole rings is 1. The minimum absolute atomic E-state index is 0.178. The largest absolute Gasteiger partial charge is 0.444 e. The lowest BCUT2D eigenvalue weighted by atomic mass is 10.2. The lowest BCUT2D eigenvalue weighted by Crippen LogP contribution is -2.44. The lowest BCUT2D eigenvalue weighted by molar-refractivity contribution is -0.0458. The number of carbonyl (C=O) groups is 1. The average molecular weight is 484 g/mol. The summed E-state index contributed by atoms with van der Waals surface area (Å²) in [6, 6.07) is 9.90. The number of nitrogens with zero attached hydrogens (tertiary/aromatic N) is 4. The number of benzene rings is 1. The molecule has 0 bridgehead atoms. The van der Waals surface area contributed by atoms with Crippen LogP contribution in [0.25, 0.3) is 22.1 Å². The molecular formula is C23H25N5O5S. The highest BCUT2D eigenvalue weighted by Crippen LogP contribution is 2.29. The van der Waals surface area contributed by atoms with Crippen LogP contribution < -0.4 is 0 Å². The van der Waals surface area contributed by atoms with Crippen molar-refractivity contribution in [3.8, 4) is 0 Å². The average Bonchev–Trinajstić information content (AvgIpc) is 3.43. The number of aromatic nitrogens is 4. The van der Waals surface area contributed by atoms with Gasteiger partial charge in [0.15, 0.2) is 5.65 Å². The number of hydrogen-bond donors (Lipinski definition) is 1. The summed E-state index contributed by atoms with van der Waals surface area (Å²) in [5.41, 5.74) is 0.941. The molecule has 1 amide bonds. The summed E-state index contributed by atoms with van der Waals surface area (Å²) in [7, 11) is -3.80. The standard InChI is InChI=1S/C23H25N5O5S/c1-23(2,3)33-22(29)27-11-12-32-18(14-27)20-25-17-13-24-21-16(19(17)26-20)9-10-28(21)34(30,31)15-7-5-4-6-8-15/h4-10,13,18H,11-12,14H2,1-3H3,(H,25,26). The zero-order valence-electron chi connectivity index (χ0n) is 19.1. The number of ether oxygens (including phenoxy) is 2. The van der Waals surface area contributed by atoms with Crippen molar-refractivity contribution in [3.05, 3.63) is 54.6 Å². The molecule has 5 rings (SSSR count). The van der Waals surface area contributed by atoms with Gasteiger partial charge in [-0.2, -0.15) is 0 Å². The maximum absolute atomic E-state index is 13.1. The number of aromatic amines is 1. The Morgan fingerprint density at radius 3 is 2.71 bits per heavy atom. The zero-order chi connectivity index (χ0) is 24.1. The molecule has 0 saturated carbocycles. The number of fused-ring (bicyclic) bond motifs is 3. The van der Waals surface area contributed by atoms with Crippen molar-refractivity contribution in [2.45, 2.75) is 37.4 Å². The van der Waals surface area contributed by atoms with Crippen molar-refractivity contribution >= 4 is 38.2 Å².